The molecule has 0 aliphatic carbocycles. The van der Waals surface area contributed by atoms with Crippen LogP contribution >= 0.6 is 12.2 Å². The number of hydrogen-bond donors (Lipinski definition) is 2. The van der Waals surface area contributed by atoms with E-state index in [1.807, 2.05) is 39.0 Å². The predicted octanol–water partition coefficient (Wildman–Crippen LogP) is 3.13. The van der Waals surface area contributed by atoms with Crippen LogP contribution in [0.3, 0.4) is 0 Å². The molecule has 5 nitrogen and oxygen atoms in total. The molecule has 0 aliphatic rings. The van der Waals surface area contributed by atoms with E-state index in [0.717, 1.165) is 11.3 Å². The van der Waals surface area contributed by atoms with Crippen molar-refractivity contribution in [2.24, 2.45) is 0 Å². The van der Waals surface area contributed by atoms with Gasteiger partial charge in [-0.15, -0.1) is 0 Å². The standard InChI is InChI=1S/C16H20N2O3S/c1-9(2)21-13-6-5-11(8-14(13)20-4)7-12-10(3)17-16(22)18-15(12)19/h5-6,8-9H,7H2,1-4H3,(H2,17,18,19,22). The van der Waals surface area contributed by atoms with Gasteiger partial charge in [0, 0.05) is 17.7 Å². The summed E-state index contributed by atoms with van der Waals surface area (Å²) in [7, 11) is 1.60. The number of ether oxygens (including phenoxy) is 2. The number of hydrogen-bond acceptors (Lipinski definition) is 4. The Hall–Kier alpha value is -2.08. The van der Waals surface area contributed by atoms with Crippen LogP contribution in [0.2, 0.25) is 0 Å². The second-order valence-corrected chi connectivity index (χ2v) is 5.75. The molecule has 0 fully saturated rings. The Labute approximate surface area is 134 Å². The summed E-state index contributed by atoms with van der Waals surface area (Å²) in [6.07, 6.45) is 0.560. The van der Waals surface area contributed by atoms with Gasteiger partial charge in [-0.1, -0.05) is 6.07 Å². The lowest BCUT2D eigenvalue weighted by atomic mass is 10.0. The zero-order valence-corrected chi connectivity index (χ0v) is 14.0. The molecule has 0 bridgehead atoms. The molecule has 22 heavy (non-hydrogen) atoms. The van der Waals surface area contributed by atoms with E-state index in [1.54, 1.807) is 7.11 Å². The molecule has 0 unspecified atom stereocenters. The molecule has 0 radical (unpaired) electrons. The lowest BCUT2D eigenvalue weighted by molar-refractivity contribution is 0.230. The maximum atomic E-state index is 12.0. The molecule has 0 aliphatic heterocycles. The van der Waals surface area contributed by atoms with Crippen LogP contribution in [0.25, 0.3) is 0 Å². The summed E-state index contributed by atoms with van der Waals surface area (Å²) in [5.41, 5.74) is 2.23. The van der Waals surface area contributed by atoms with E-state index in [1.165, 1.54) is 0 Å². The van der Waals surface area contributed by atoms with Gasteiger partial charge in [-0.2, -0.15) is 0 Å². The van der Waals surface area contributed by atoms with Crippen molar-refractivity contribution in [3.8, 4) is 11.5 Å². The van der Waals surface area contributed by atoms with Gasteiger partial charge >= 0.3 is 0 Å². The van der Waals surface area contributed by atoms with Gasteiger partial charge in [0.15, 0.2) is 16.3 Å². The summed E-state index contributed by atoms with van der Waals surface area (Å²) < 4.78 is 11.4. The lowest BCUT2D eigenvalue weighted by Crippen LogP contribution is -2.16. The zero-order chi connectivity index (χ0) is 16.3. The highest BCUT2D eigenvalue weighted by molar-refractivity contribution is 7.71. The van der Waals surface area contributed by atoms with Crippen LogP contribution < -0.4 is 15.0 Å². The highest BCUT2D eigenvalue weighted by Gasteiger charge is 2.11. The number of aryl methyl sites for hydroxylation is 1. The summed E-state index contributed by atoms with van der Waals surface area (Å²) >= 11 is 4.96. The Balaban J connectivity index is 2.35. The van der Waals surface area contributed by atoms with Crippen LogP contribution in [-0.4, -0.2) is 23.2 Å². The van der Waals surface area contributed by atoms with E-state index in [0.29, 0.717) is 28.3 Å². The van der Waals surface area contributed by atoms with Gasteiger partial charge in [0.2, 0.25) is 0 Å². The van der Waals surface area contributed by atoms with Crippen molar-refractivity contribution in [3.05, 3.63) is 50.1 Å². The highest BCUT2D eigenvalue weighted by atomic mass is 32.1. The lowest BCUT2D eigenvalue weighted by Gasteiger charge is -2.14. The largest absolute Gasteiger partial charge is 0.493 e. The molecular weight excluding hydrogens is 300 g/mol. The summed E-state index contributed by atoms with van der Waals surface area (Å²) in [5, 5.41) is 0. The molecule has 1 aromatic heterocycles. The van der Waals surface area contributed by atoms with Crippen LogP contribution in [0.4, 0.5) is 0 Å². The number of methoxy groups -OCH3 is 1. The van der Waals surface area contributed by atoms with Gasteiger partial charge in [-0.3, -0.25) is 9.78 Å². The topological polar surface area (TPSA) is 67.1 Å². The third kappa shape index (κ3) is 3.76. The molecule has 118 valence electrons. The van der Waals surface area contributed by atoms with Crippen molar-refractivity contribution in [3.63, 3.8) is 0 Å². The number of H-pyrrole nitrogens is 2. The van der Waals surface area contributed by atoms with Crippen molar-refractivity contribution >= 4 is 12.2 Å². The Morgan fingerprint density at radius 3 is 2.55 bits per heavy atom. The average molecular weight is 320 g/mol. The van der Waals surface area contributed by atoms with Crippen molar-refractivity contribution in [1.82, 2.24) is 9.97 Å². The monoisotopic (exact) mass is 320 g/mol. The number of rotatable bonds is 5. The second-order valence-electron chi connectivity index (χ2n) is 5.34. The molecule has 0 amide bonds. The Morgan fingerprint density at radius 1 is 1.23 bits per heavy atom. The molecule has 2 rings (SSSR count). The average Bonchev–Trinajstić information content (AvgIpc) is 2.43. The quantitative estimate of drug-likeness (QED) is 0.831. The van der Waals surface area contributed by atoms with E-state index in [-0.39, 0.29) is 11.7 Å². The minimum Gasteiger partial charge on any atom is -0.493 e. The van der Waals surface area contributed by atoms with E-state index in [4.69, 9.17) is 21.7 Å². The van der Waals surface area contributed by atoms with E-state index < -0.39 is 0 Å². The minimum atomic E-state index is -0.164. The number of nitrogens with one attached hydrogen (secondary N) is 2. The van der Waals surface area contributed by atoms with Gasteiger partial charge in [0.1, 0.15) is 0 Å². The summed E-state index contributed by atoms with van der Waals surface area (Å²) in [6, 6.07) is 5.68. The summed E-state index contributed by atoms with van der Waals surface area (Å²) in [5.74, 6) is 1.35. The first-order chi connectivity index (χ1) is 10.4. The van der Waals surface area contributed by atoms with Crippen molar-refractivity contribution in [1.29, 1.82) is 0 Å². The fourth-order valence-corrected chi connectivity index (χ4v) is 2.46. The molecule has 1 heterocycles. The van der Waals surface area contributed by atoms with E-state index in [2.05, 4.69) is 9.97 Å². The van der Waals surface area contributed by atoms with Crippen LogP contribution in [0.15, 0.2) is 23.0 Å². The Morgan fingerprint density at radius 2 is 1.95 bits per heavy atom. The Kier molecular flexibility index (Phi) is 5.03. The molecule has 0 spiro atoms. The van der Waals surface area contributed by atoms with Crippen molar-refractivity contribution in [2.45, 2.75) is 33.3 Å². The molecule has 2 aromatic rings. The molecule has 6 heteroatoms. The van der Waals surface area contributed by atoms with Crippen molar-refractivity contribution < 1.29 is 9.47 Å². The first-order valence-corrected chi connectivity index (χ1v) is 7.47. The minimum absolute atomic E-state index is 0.0686. The van der Waals surface area contributed by atoms with Crippen LogP contribution in [0.5, 0.6) is 11.5 Å². The third-order valence-electron chi connectivity index (χ3n) is 3.23. The normalized spacial score (nSPS) is 10.8. The highest BCUT2D eigenvalue weighted by Crippen LogP contribution is 2.29. The summed E-state index contributed by atoms with van der Waals surface area (Å²) in [6.45, 7) is 5.76. The van der Waals surface area contributed by atoms with Crippen LogP contribution in [0.1, 0.15) is 30.7 Å². The predicted molar refractivity (Wildman–Crippen MR) is 88.5 cm³/mol. The zero-order valence-electron chi connectivity index (χ0n) is 13.1. The maximum Gasteiger partial charge on any atom is 0.255 e. The van der Waals surface area contributed by atoms with Gasteiger partial charge in [0.05, 0.1) is 13.2 Å². The number of aromatic amines is 2. The van der Waals surface area contributed by atoms with Crippen molar-refractivity contribution in [2.75, 3.05) is 7.11 Å². The third-order valence-corrected chi connectivity index (χ3v) is 3.43. The maximum absolute atomic E-state index is 12.0. The van der Waals surface area contributed by atoms with Gasteiger partial charge in [0.25, 0.3) is 5.56 Å². The fourth-order valence-electron chi connectivity index (χ4n) is 2.22. The van der Waals surface area contributed by atoms with E-state index in [9.17, 15) is 4.79 Å². The smallest absolute Gasteiger partial charge is 0.255 e. The molecule has 0 saturated carbocycles. The first-order valence-electron chi connectivity index (χ1n) is 7.06. The number of benzene rings is 1. The number of aromatic nitrogens is 2. The van der Waals surface area contributed by atoms with Gasteiger partial charge in [-0.05, 0) is 50.7 Å². The molecule has 1 aromatic carbocycles. The first kappa shape index (κ1) is 16.3. The molecule has 0 saturated heterocycles. The molecule has 2 N–H and O–H groups in total. The second kappa shape index (κ2) is 6.79. The van der Waals surface area contributed by atoms with Gasteiger partial charge < -0.3 is 14.5 Å². The SMILES string of the molecule is COc1cc(Cc2c(C)[nH]c(=S)[nH]c2=O)ccc1OC(C)C. The fraction of sp³-hybridized carbons (Fsp3) is 0.375. The Bertz CT molecular complexity index is 778. The van der Waals surface area contributed by atoms with Crippen LogP contribution in [-0.2, 0) is 6.42 Å². The molecule has 0 atom stereocenters. The summed E-state index contributed by atoms with van der Waals surface area (Å²) in [4.78, 5) is 17.6. The van der Waals surface area contributed by atoms with Crippen LogP contribution in [0, 0.1) is 11.7 Å². The van der Waals surface area contributed by atoms with E-state index >= 15 is 0 Å². The van der Waals surface area contributed by atoms with Gasteiger partial charge in [-0.25, -0.2) is 0 Å². The molecular formula is C16H20N2O3S.